The molecule has 4 rings (SSSR count). The van der Waals surface area contributed by atoms with Crippen molar-refractivity contribution in [2.45, 2.75) is 63.5 Å². The van der Waals surface area contributed by atoms with Gasteiger partial charge in [0.25, 0.3) is 5.91 Å². The first-order valence-corrected chi connectivity index (χ1v) is 11.3. The maximum atomic E-state index is 12.5. The third-order valence-corrected chi connectivity index (χ3v) is 6.30. The normalized spacial score (nSPS) is 20.9. The second-order valence-corrected chi connectivity index (χ2v) is 9.01. The SMILES string of the molecule is CN(C)c1nc(NC2CCC(NC(=O)c3cccc(Cl)c3)CC2)nc2c1CCCC2. The third kappa shape index (κ3) is 4.86. The van der Waals surface area contributed by atoms with Gasteiger partial charge in [0.1, 0.15) is 5.82 Å². The zero-order chi connectivity index (χ0) is 21.1. The number of carbonyl (C=O) groups is 1. The summed E-state index contributed by atoms with van der Waals surface area (Å²) in [6, 6.07) is 7.61. The van der Waals surface area contributed by atoms with E-state index in [4.69, 9.17) is 21.6 Å². The highest BCUT2D eigenvalue weighted by Crippen LogP contribution is 2.29. The van der Waals surface area contributed by atoms with Crippen LogP contribution in [0.25, 0.3) is 0 Å². The highest BCUT2D eigenvalue weighted by atomic mass is 35.5. The molecule has 0 unspecified atom stereocenters. The van der Waals surface area contributed by atoms with Gasteiger partial charge in [-0.3, -0.25) is 4.79 Å². The Labute approximate surface area is 183 Å². The molecule has 0 radical (unpaired) electrons. The van der Waals surface area contributed by atoms with Crippen LogP contribution in [0.5, 0.6) is 0 Å². The van der Waals surface area contributed by atoms with Gasteiger partial charge in [-0.2, -0.15) is 4.98 Å². The van der Waals surface area contributed by atoms with Crippen LogP contribution in [0.2, 0.25) is 5.02 Å². The van der Waals surface area contributed by atoms with E-state index in [0.717, 1.165) is 50.3 Å². The van der Waals surface area contributed by atoms with E-state index in [9.17, 15) is 4.79 Å². The average Bonchev–Trinajstić information content (AvgIpc) is 2.74. The molecule has 1 saturated carbocycles. The Morgan fingerprint density at radius 3 is 2.53 bits per heavy atom. The van der Waals surface area contributed by atoms with Crippen LogP contribution in [0, 0.1) is 0 Å². The van der Waals surface area contributed by atoms with Crippen molar-refractivity contribution in [2.75, 3.05) is 24.3 Å². The Kier molecular flexibility index (Phi) is 6.42. The molecule has 0 aliphatic heterocycles. The molecule has 7 heteroatoms. The number of halogens is 1. The molecule has 1 aromatic carbocycles. The Balaban J connectivity index is 1.35. The minimum atomic E-state index is -0.0532. The van der Waals surface area contributed by atoms with Crippen LogP contribution in [0.15, 0.2) is 24.3 Å². The number of nitrogens with one attached hydrogen (secondary N) is 2. The van der Waals surface area contributed by atoms with E-state index in [-0.39, 0.29) is 11.9 Å². The minimum absolute atomic E-state index is 0.0532. The van der Waals surface area contributed by atoms with Crippen molar-refractivity contribution in [1.82, 2.24) is 15.3 Å². The fourth-order valence-electron chi connectivity index (χ4n) is 4.47. The van der Waals surface area contributed by atoms with Crippen LogP contribution in [0.4, 0.5) is 11.8 Å². The molecule has 0 spiro atoms. The second kappa shape index (κ2) is 9.21. The van der Waals surface area contributed by atoms with Gasteiger partial charge >= 0.3 is 0 Å². The van der Waals surface area contributed by atoms with Crippen LogP contribution in [0.1, 0.15) is 60.1 Å². The lowest BCUT2D eigenvalue weighted by molar-refractivity contribution is 0.0926. The number of hydrogen-bond donors (Lipinski definition) is 2. The summed E-state index contributed by atoms with van der Waals surface area (Å²) in [7, 11) is 4.10. The summed E-state index contributed by atoms with van der Waals surface area (Å²) in [6.07, 6.45) is 8.38. The van der Waals surface area contributed by atoms with E-state index < -0.39 is 0 Å². The lowest BCUT2D eigenvalue weighted by Crippen LogP contribution is -2.40. The molecule has 0 bridgehead atoms. The first kappa shape index (κ1) is 20.9. The van der Waals surface area contributed by atoms with Gasteiger partial charge in [-0.05, 0) is 69.6 Å². The fourth-order valence-corrected chi connectivity index (χ4v) is 4.66. The first-order valence-electron chi connectivity index (χ1n) is 10.9. The van der Waals surface area contributed by atoms with Crippen LogP contribution in [-0.4, -0.2) is 42.1 Å². The maximum Gasteiger partial charge on any atom is 0.251 e. The summed E-state index contributed by atoms with van der Waals surface area (Å²) in [4.78, 5) is 24.2. The number of nitrogens with zero attached hydrogens (tertiary/aromatic N) is 3. The molecule has 1 aromatic heterocycles. The number of fused-ring (bicyclic) bond motifs is 1. The third-order valence-electron chi connectivity index (χ3n) is 6.07. The molecule has 1 fully saturated rings. The Hall–Kier alpha value is -2.34. The molecular weight excluding hydrogens is 398 g/mol. The monoisotopic (exact) mass is 427 g/mol. The molecule has 2 N–H and O–H groups in total. The average molecular weight is 428 g/mol. The highest BCUT2D eigenvalue weighted by molar-refractivity contribution is 6.30. The van der Waals surface area contributed by atoms with E-state index in [1.165, 1.54) is 24.1 Å². The number of aryl methyl sites for hydroxylation is 1. The maximum absolute atomic E-state index is 12.5. The summed E-state index contributed by atoms with van der Waals surface area (Å²) in [6.45, 7) is 0. The van der Waals surface area contributed by atoms with Crippen LogP contribution < -0.4 is 15.5 Å². The minimum Gasteiger partial charge on any atom is -0.362 e. The van der Waals surface area contributed by atoms with Crippen LogP contribution in [-0.2, 0) is 12.8 Å². The molecule has 30 heavy (non-hydrogen) atoms. The summed E-state index contributed by atoms with van der Waals surface area (Å²) in [5, 5.41) is 7.29. The van der Waals surface area contributed by atoms with Gasteiger partial charge in [0, 0.05) is 42.3 Å². The van der Waals surface area contributed by atoms with Crippen LogP contribution >= 0.6 is 11.6 Å². The van der Waals surface area contributed by atoms with Gasteiger partial charge in [-0.25, -0.2) is 4.98 Å². The molecule has 1 amide bonds. The van der Waals surface area contributed by atoms with E-state index in [1.54, 1.807) is 24.3 Å². The number of amides is 1. The summed E-state index contributed by atoms with van der Waals surface area (Å²) in [5.41, 5.74) is 3.12. The predicted molar refractivity (Wildman–Crippen MR) is 122 cm³/mol. The van der Waals surface area contributed by atoms with Gasteiger partial charge in [0.05, 0.1) is 5.69 Å². The van der Waals surface area contributed by atoms with Gasteiger partial charge < -0.3 is 15.5 Å². The van der Waals surface area contributed by atoms with Gasteiger partial charge in [0.2, 0.25) is 5.95 Å². The van der Waals surface area contributed by atoms with Crippen molar-refractivity contribution in [2.24, 2.45) is 0 Å². The summed E-state index contributed by atoms with van der Waals surface area (Å²) >= 11 is 6.00. The standard InChI is InChI=1S/C23H30ClN5O/c1-29(2)21-19-8-3-4-9-20(19)27-23(28-21)26-18-12-10-17(11-13-18)25-22(30)15-6-5-7-16(24)14-15/h5-7,14,17-18H,3-4,8-13H2,1-2H3,(H,25,30)(H,26,27,28). The Morgan fingerprint density at radius 2 is 1.80 bits per heavy atom. The van der Waals surface area contributed by atoms with Gasteiger partial charge in [-0.1, -0.05) is 17.7 Å². The van der Waals surface area contributed by atoms with E-state index in [1.807, 2.05) is 0 Å². The summed E-state index contributed by atoms with van der Waals surface area (Å²) in [5.74, 6) is 1.73. The first-order chi connectivity index (χ1) is 14.5. The van der Waals surface area contributed by atoms with Crippen molar-refractivity contribution in [1.29, 1.82) is 0 Å². The number of benzene rings is 1. The van der Waals surface area contributed by atoms with E-state index in [0.29, 0.717) is 16.6 Å². The van der Waals surface area contributed by atoms with E-state index >= 15 is 0 Å². The topological polar surface area (TPSA) is 70.2 Å². The molecule has 2 aliphatic rings. The Morgan fingerprint density at radius 1 is 1.07 bits per heavy atom. The lowest BCUT2D eigenvalue weighted by Gasteiger charge is -2.30. The van der Waals surface area contributed by atoms with Crippen molar-refractivity contribution in [3.05, 3.63) is 46.1 Å². The highest BCUT2D eigenvalue weighted by Gasteiger charge is 2.25. The largest absolute Gasteiger partial charge is 0.362 e. The number of anilines is 2. The number of hydrogen-bond acceptors (Lipinski definition) is 5. The molecule has 0 atom stereocenters. The molecule has 2 aromatic rings. The molecule has 2 aliphatic carbocycles. The quantitative estimate of drug-likeness (QED) is 0.747. The number of carbonyl (C=O) groups excluding carboxylic acids is 1. The fraction of sp³-hybridized carbons (Fsp3) is 0.522. The molecule has 6 nitrogen and oxygen atoms in total. The zero-order valence-corrected chi connectivity index (χ0v) is 18.5. The second-order valence-electron chi connectivity index (χ2n) is 8.57. The van der Waals surface area contributed by atoms with Crippen molar-refractivity contribution < 1.29 is 4.79 Å². The van der Waals surface area contributed by atoms with Crippen molar-refractivity contribution in [3.8, 4) is 0 Å². The van der Waals surface area contributed by atoms with Crippen molar-refractivity contribution in [3.63, 3.8) is 0 Å². The zero-order valence-electron chi connectivity index (χ0n) is 17.7. The summed E-state index contributed by atoms with van der Waals surface area (Å²) < 4.78 is 0. The van der Waals surface area contributed by atoms with Crippen molar-refractivity contribution >= 4 is 29.3 Å². The molecule has 1 heterocycles. The molecule has 0 saturated heterocycles. The predicted octanol–water partition coefficient (Wildman–Crippen LogP) is 4.23. The van der Waals surface area contributed by atoms with E-state index in [2.05, 4.69) is 29.6 Å². The number of aromatic nitrogens is 2. The van der Waals surface area contributed by atoms with Gasteiger partial charge in [-0.15, -0.1) is 0 Å². The molecular formula is C23H30ClN5O. The lowest BCUT2D eigenvalue weighted by atomic mass is 9.91. The number of rotatable bonds is 5. The van der Waals surface area contributed by atoms with Crippen LogP contribution in [0.3, 0.4) is 0 Å². The molecule has 160 valence electrons. The van der Waals surface area contributed by atoms with Gasteiger partial charge in [0.15, 0.2) is 0 Å². The smallest absolute Gasteiger partial charge is 0.251 e. The Bertz CT molecular complexity index is 908.